The molecule has 19 heteroatoms. The van der Waals surface area contributed by atoms with Crippen LogP contribution in [0.15, 0.2) is 0 Å². The van der Waals surface area contributed by atoms with Crippen molar-refractivity contribution >= 4 is 39.5 Å². The molecule has 0 aliphatic carbocycles. The number of hydrogen-bond acceptors (Lipinski definition) is 15. The number of carbonyl (C=O) groups is 4. The van der Waals surface area contributed by atoms with E-state index in [-0.39, 0.29) is 25.7 Å². The summed E-state index contributed by atoms with van der Waals surface area (Å²) in [6.07, 6.45) is 54.6. The van der Waals surface area contributed by atoms with E-state index in [1.54, 1.807) is 0 Å². The van der Waals surface area contributed by atoms with Crippen molar-refractivity contribution in [2.24, 2.45) is 11.8 Å². The third-order valence-corrected chi connectivity index (χ3v) is 19.7. The molecular formula is C75H146O17P2. The molecule has 0 radical (unpaired) electrons. The van der Waals surface area contributed by atoms with E-state index in [0.29, 0.717) is 25.7 Å². The summed E-state index contributed by atoms with van der Waals surface area (Å²) in [6, 6.07) is 0. The number of rotatable bonds is 74. The minimum absolute atomic E-state index is 0.105. The van der Waals surface area contributed by atoms with Gasteiger partial charge < -0.3 is 33.8 Å². The molecule has 0 amide bonds. The number of hydrogen-bond donors (Lipinski definition) is 3. The van der Waals surface area contributed by atoms with Crippen molar-refractivity contribution in [3.8, 4) is 0 Å². The summed E-state index contributed by atoms with van der Waals surface area (Å²) in [7, 11) is -9.90. The van der Waals surface area contributed by atoms with Crippen LogP contribution in [0.4, 0.5) is 0 Å². The number of unbranched alkanes of at least 4 members (excludes halogenated alkanes) is 43. The number of esters is 4. The van der Waals surface area contributed by atoms with Crippen LogP contribution in [0.25, 0.3) is 0 Å². The monoisotopic (exact) mass is 1380 g/mol. The number of aliphatic hydroxyl groups is 1. The van der Waals surface area contributed by atoms with Crippen LogP contribution in [0.1, 0.15) is 388 Å². The minimum atomic E-state index is -4.95. The zero-order chi connectivity index (χ0) is 69.3. The SMILES string of the molecule is CCCCCCCCCCCCCCCCCC(=O)OC[C@H](COP(=O)(O)OC[C@@H](O)COP(=O)(O)OC[C@@H](COC(=O)CCCCCCC)OC(=O)CCCCCCCCCCCC(C)C)OC(=O)CCCCCCCCCCCCCCCCCCCCC(C)CC. The molecule has 17 nitrogen and oxygen atoms in total. The molecule has 0 aromatic carbocycles. The Hall–Kier alpha value is -1.94. The summed E-state index contributed by atoms with van der Waals surface area (Å²) in [5, 5.41) is 10.6. The maximum absolute atomic E-state index is 13.1. The standard InChI is InChI=1S/C75H146O17P2/c1-7-10-12-14-15-16-17-18-23-27-30-35-40-46-52-58-73(78)86-64-71(92-74(79)59-53-47-41-36-31-28-25-22-20-19-21-24-26-29-34-39-45-50-56-68(6)9-3)66-90-94(83,84)88-62-69(76)61-87-93(81,82)89-65-70(63-85-72(77)57-51-43-13-11-8-2)91-75(80)60-54-48-42-37-32-33-38-44-49-55-67(4)5/h67-71,76H,7-66H2,1-6H3,(H,81,82)(H,83,84)/t68?,69-,70+,71+/m0/s1. The summed E-state index contributed by atoms with van der Waals surface area (Å²) in [4.78, 5) is 72.4. The zero-order valence-electron chi connectivity index (χ0n) is 61.3. The molecule has 3 N–H and O–H groups in total. The van der Waals surface area contributed by atoms with Gasteiger partial charge in [-0.05, 0) is 37.5 Å². The van der Waals surface area contributed by atoms with Gasteiger partial charge in [0.1, 0.15) is 19.3 Å². The fourth-order valence-electron chi connectivity index (χ4n) is 11.4. The molecule has 6 atom stereocenters. The van der Waals surface area contributed by atoms with Gasteiger partial charge in [-0.25, -0.2) is 9.13 Å². The van der Waals surface area contributed by atoms with E-state index in [4.69, 9.17) is 37.0 Å². The van der Waals surface area contributed by atoms with Crippen LogP contribution >= 0.6 is 15.6 Å². The highest BCUT2D eigenvalue weighted by atomic mass is 31.2. The molecule has 0 rings (SSSR count). The van der Waals surface area contributed by atoms with Crippen molar-refractivity contribution in [1.82, 2.24) is 0 Å². The van der Waals surface area contributed by atoms with E-state index < -0.39 is 97.5 Å². The Labute approximate surface area is 575 Å². The first-order valence-corrected chi connectivity index (χ1v) is 42.0. The van der Waals surface area contributed by atoms with Crippen LogP contribution in [0.5, 0.6) is 0 Å². The lowest BCUT2D eigenvalue weighted by Crippen LogP contribution is -2.30. The Morgan fingerprint density at radius 1 is 0.309 bits per heavy atom. The van der Waals surface area contributed by atoms with Gasteiger partial charge in [0.05, 0.1) is 26.4 Å². The van der Waals surface area contributed by atoms with E-state index in [2.05, 4.69) is 41.5 Å². The molecule has 94 heavy (non-hydrogen) atoms. The fourth-order valence-corrected chi connectivity index (χ4v) is 13.0. The topological polar surface area (TPSA) is 237 Å². The van der Waals surface area contributed by atoms with Crippen molar-refractivity contribution in [2.45, 2.75) is 407 Å². The fraction of sp³-hybridized carbons (Fsp3) is 0.947. The van der Waals surface area contributed by atoms with Crippen LogP contribution in [0, 0.1) is 11.8 Å². The number of phosphoric ester groups is 2. The van der Waals surface area contributed by atoms with Crippen LogP contribution in [-0.4, -0.2) is 96.7 Å². The van der Waals surface area contributed by atoms with E-state index >= 15 is 0 Å². The molecule has 0 aromatic heterocycles. The van der Waals surface area contributed by atoms with Gasteiger partial charge in [0, 0.05) is 25.7 Å². The van der Waals surface area contributed by atoms with Crippen LogP contribution < -0.4 is 0 Å². The third-order valence-electron chi connectivity index (χ3n) is 17.8. The van der Waals surface area contributed by atoms with Gasteiger partial charge in [-0.15, -0.1) is 0 Å². The number of aliphatic hydroxyl groups excluding tert-OH is 1. The molecule has 0 bridgehead atoms. The van der Waals surface area contributed by atoms with E-state index in [1.165, 1.54) is 199 Å². The van der Waals surface area contributed by atoms with Crippen molar-refractivity contribution in [2.75, 3.05) is 39.6 Å². The average Bonchev–Trinajstić information content (AvgIpc) is 1.89. The van der Waals surface area contributed by atoms with Gasteiger partial charge in [0.15, 0.2) is 12.2 Å². The molecule has 3 unspecified atom stereocenters. The maximum atomic E-state index is 13.1. The Morgan fingerprint density at radius 3 is 0.809 bits per heavy atom. The Kier molecular flexibility index (Phi) is 65.5. The van der Waals surface area contributed by atoms with Crippen molar-refractivity contribution in [3.63, 3.8) is 0 Å². The molecule has 0 saturated heterocycles. The lowest BCUT2D eigenvalue weighted by molar-refractivity contribution is -0.161. The van der Waals surface area contributed by atoms with E-state index in [9.17, 15) is 43.2 Å². The minimum Gasteiger partial charge on any atom is -0.462 e. The summed E-state index contributed by atoms with van der Waals surface area (Å²) in [5.41, 5.74) is 0. The molecule has 0 saturated carbocycles. The van der Waals surface area contributed by atoms with Crippen molar-refractivity contribution < 1.29 is 80.2 Å². The highest BCUT2D eigenvalue weighted by Crippen LogP contribution is 2.45. The number of ether oxygens (including phenoxy) is 4. The van der Waals surface area contributed by atoms with E-state index in [0.717, 1.165) is 108 Å². The summed E-state index contributed by atoms with van der Waals surface area (Å²) in [6.45, 7) is 9.54. The number of phosphoric acid groups is 2. The summed E-state index contributed by atoms with van der Waals surface area (Å²) >= 11 is 0. The quantitative estimate of drug-likeness (QED) is 0.0222. The molecular weight excluding hydrogens is 1230 g/mol. The van der Waals surface area contributed by atoms with E-state index in [1.807, 2.05) is 0 Å². The predicted molar refractivity (Wildman–Crippen MR) is 381 cm³/mol. The molecule has 0 spiro atoms. The van der Waals surface area contributed by atoms with Gasteiger partial charge >= 0.3 is 39.5 Å². The first-order chi connectivity index (χ1) is 45.4. The van der Waals surface area contributed by atoms with Gasteiger partial charge in [-0.1, -0.05) is 337 Å². The molecule has 0 aliphatic rings. The Balaban J connectivity index is 5.11. The predicted octanol–water partition coefficient (Wildman–Crippen LogP) is 21.9. The molecule has 558 valence electrons. The molecule has 0 aliphatic heterocycles. The molecule has 0 fully saturated rings. The lowest BCUT2D eigenvalue weighted by Gasteiger charge is -2.21. The molecule has 0 aromatic rings. The van der Waals surface area contributed by atoms with Crippen molar-refractivity contribution in [1.29, 1.82) is 0 Å². The zero-order valence-corrected chi connectivity index (χ0v) is 63.1. The Bertz CT molecular complexity index is 1820. The molecule has 0 heterocycles. The second-order valence-corrected chi connectivity index (χ2v) is 30.7. The lowest BCUT2D eigenvalue weighted by atomic mass is 9.99. The Morgan fingerprint density at radius 2 is 0.543 bits per heavy atom. The normalized spacial score (nSPS) is 14.3. The summed E-state index contributed by atoms with van der Waals surface area (Å²) in [5.74, 6) is -0.521. The third kappa shape index (κ3) is 67.3. The van der Waals surface area contributed by atoms with Gasteiger partial charge in [0.25, 0.3) is 0 Å². The first-order valence-electron chi connectivity index (χ1n) is 39.0. The average molecular weight is 1380 g/mol. The largest absolute Gasteiger partial charge is 0.472 e. The first kappa shape index (κ1) is 92.1. The van der Waals surface area contributed by atoms with Gasteiger partial charge in [-0.3, -0.25) is 37.3 Å². The highest BCUT2D eigenvalue weighted by molar-refractivity contribution is 7.47. The van der Waals surface area contributed by atoms with Crippen LogP contribution in [-0.2, 0) is 65.4 Å². The second-order valence-electron chi connectivity index (χ2n) is 27.8. The number of carbonyl (C=O) groups excluding carboxylic acids is 4. The highest BCUT2D eigenvalue weighted by Gasteiger charge is 2.30. The van der Waals surface area contributed by atoms with Crippen LogP contribution in [0.2, 0.25) is 0 Å². The maximum Gasteiger partial charge on any atom is 0.472 e. The summed E-state index contributed by atoms with van der Waals surface area (Å²) < 4.78 is 68.2. The van der Waals surface area contributed by atoms with Crippen LogP contribution in [0.3, 0.4) is 0 Å². The second kappa shape index (κ2) is 66.9. The smallest absolute Gasteiger partial charge is 0.462 e. The van der Waals surface area contributed by atoms with Crippen molar-refractivity contribution in [3.05, 3.63) is 0 Å². The van der Waals surface area contributed by atoms with Gasteiger partial charge in [0.2, 0.25) is 0 Å². The van der Waals surface area contributed by atoms with Gasteiger partial charge in [-0.2, -0.15) is 0 Å².